The van der Waals surface area contributed by atoms with Crippen LogP contribution in [0.3, 0.4) is 0 Å². The first-order chi connectivity index (χ1) is 8.49. The molecule has 2 rings (SSSR count). The zero-order chi connectivity index (χ0) is 13.2. The van der Waals surface area contributed by atoms with E-state index in [9.17, 15) is 13.2 Å². The Bertz CT molecular complexity index is 414. The van der Waals surface area contributed by atoms with Gasteiger partial charge in [0.2, 0.25) is 0 Å². The van der Waals surface area contributed by atoms with Gasteiger partial charge in [0.05, 0.1) is 7.11 Å². The molecule has 0 spiro atoms. The smallest absolute Gasteiger partial charge is 0.496 e. The Hall–Kier alpha value is -1.43. The number of hydrogen-bond donors (Lipinski definition) is 1. The molecule has 0 amide bonds. The average molecular weight is 261 g/mol. The third-order valence-corrected chi connectivity index (χ3v) is 2.87. The maximum atomic E-state index is 12.1. The summed E-state index contributed by atoms with van der Waals surface area (Å²) in [6.07, 6.45) is -2.68. The Balaban J connectivity index is 2.22. The van der Waals surface area contributed by atoms with Crippen LogP contribution in [0.1, 0.15) is 24.4 Å². The molecule has 1 aliphatic rings. The first kappa shape index (κ1) is 13.0. The monoisotopic (exact) mass is 261 g/mol. The number of benzene rings is 1. The quantitative estimate of drug-likeness (QED) is 0.907. The minimum atomic E-state index is -4.68. The second kappa shape index (κ2) is 5.06. The van der Waals surface area contributed by atoms with Gasteiger partial charge in [0, 0.05) is 17.7 Å². The molecule has 1 aromatic carbocycles. The fourth-order valence-corrected chi connectivity index (χ4v) is 2.13. The van der Waals surface area contributed by atoms with Crippen LogP contribution in [0, 0.1) is 0 Å². The number of methoxy groups -OCH3 is 1. The Morgan fingerprint density at radius 1 is 1.33 bits per heavy atom. The molecule has 3 nitrogen and oxygen atoms in total. The van der Waals surface area contributed by atoms with E-state index in [2.05, 4.69) is 10.1 Å². The van der Waals surface area contributed by atoms with Crippen molar-refractivity contribution in [2.75, 3.05) is 13.7 Å². The van der Waals surface area contributed by atoms with Crippen molar-refractivity contribution >= 4 is 0 Å². The second-order valence-electron chi connectivity index (χ2n) is 4.10. The number of hydrogen-bond acceptors (Lipinski definition) is 3. The fraction of sp³-hybridized carbons (Fsp3) is 0.500. The molecule has 1 heterocycles. The number of nitrogens with one attached hydrogen (secondary N) is 1. The molecule has 1 saturated heterocycles. The highest BCUT2D eigenvalue weighted by atomic mass is 19.4. The van der Waals surface area contributed by atoms with Crippen molar-refractivity contribution in [2.45, 2.75) is 25.2 Å². The van der Waals surface area contributed by atoms with Crippen molar-refractivity contribution in [1.82, 2.24) is 5.32 Å². The van der Waals surface area contributed by atoms with E-state index in [1.54, 1.807) is 6.07 Å². The highest BCUT2D eigenvalue weighted by molar-refractivity contribution is 5.42. The van der Waals surface area contributed by atoms with Gasteiger partial charge in [-0.05, 0) is 25.5 Å². The molecule has 6 heteroatoms. The summed E-state index contributed by atoms with van der Waals surface area (Å²) < 4.78 is 45.3. The Morgan fingerprint density at radius 2 is 2.11 bits per heavy atom. The molecule has 0 unspecified atom stereocenters. The van der Waals surface area contributed by atoms with Crippen LogP contribution in [0.4, 0.5) is 13.2 Å². The lowest BCUT2D eigenvalue weighted by molar-refractivity contribution is -0.274. The molecule has 1 atom stereocenters. The van der Waals surface area contributed by atoms with Gasteiger partial charge in [-0.25, -0.2) is 0 Å². The molecule has 0 radical (unpaired) electrons. The van der Waals surface area contributed by atoms with Crippen LogP contribution in [-0.2, 0) is 0 Å². The Labute approximate surface area is 103 Å². The number of alkyl halides is 3. The van der Waals surface area contributed by atoms with Crippen molar-refractivity contribution in [3.05, 3.63) is 23.8 Å². The van der Waals surface area contributed by atoms with Gasteiger partial charge in [0.15, 0.2) is 0 Å². The number of ether oxygens (including phenoxy) is 2. The Morgan fingerprint density at radius 3 is 2.67 bits per heavy atom. The standard InChI is InChI=1S/C12H14F3NO2/c1-17-11-7-8(18-12(13,14)15)4-5-9(11)10-3-2-6-16-10/h4-5,7,10,16H,2-3,6H2,1H3/t10-/m0/s1. The molecule has 1 fully saturated rings. The lowest BCUT2D eigenvalue weighted by Gasteiger charge is -2.17. The molecular formula is C12H14F3NO2. The highest BCUT2D eigenvalue weighted by Gasteiger charge is 2.31. The first-order valence-corrected chi connectivity index (χ1v) is 5.66. The summed E-state index contributed by atoms with van der Waals surface area (Å²) >= 11 is 0. The van der Waals surface area contributed by atoms with E-state index in [1.165, 1.54) is 19.2 Å². The van der Waals surface area contributed by atoms with Crippen LogP contribution in [0.5, 0.6) is 11.5 Å². The summed E-state index contributed by atoms with van der Waals surface area (Å²) in [7, 11) is 1.44. The third kappa shape index (κ3) is 3.07. The van der Waals surface area contributed by atoms with Crippen LogP contribution in [0.2, 0.25) is 0 Å². The van der Waals surface area contributed by atoms with Crippen LogP contribution in [0.15, 0.2) is 18.2 Å². The van der Waals surface area contributed by atoms with Gasteiger partial charge < -0.3 is 14.8 Å². The van der Waals surface area contributed by atoms with E-state index < -0.39 is 6.36 Å². The van der Waals surface area contributed by atoms with E-state index in [1.807, 2.05) is 0 Å². The fourth-order valence-electron chi connectivity index (χ4n) is 2.13. The summed E-state index contributed by atoms with van der Waals surface area (Å²) in [6.45, 7) is 0.911. The number of rotatable bonds is 3. The average Bonchev–Trinajstić information content (AvgIpc) is 2.80. The molecule has 0 bridgehead atoms. The summed E-state index contributed by atoms with van der Waals surface area (Å²) in [5, 5.41) is 3.27. The first-order valence-electron chi connectivity index (χ1n) is 5.66. The van der Waals surface area contributed by atoms with Crippen molar-refractivity contribution in [1.29, 1.82) is 0 Å². The van der Waals surface area contributed by atoms with Crippen LogP contribution in [0.25, 0.3) is 0 Å². The van der Waals surface area contributed by atoms with Crippen LogP contribution >= 0.6 is 0 Å². The minimum Gasteiger partial charge on any atom is -0.496 e. The Kier molecular flexibility index (Phi) is 3.65. The molecule has 0 aliphatic carbocycles. The maximum Gasteiger partial charge on any atom is 0.573 e. The van der Waals surface area contributed by atoms with Gasteiger partial charge in [0.1, 0.15) is 11.5 Å². The van der Waals surface area contributed by atoms with E-state index in [0.29, 0.717) is 5.75 Å². The summed E-state index contributed by atoms with van der Waals surface area (Å²) in [5.74, 6) is 0.150. The van der Waals surface area contributed by atoms with Gasteiger partial charge in [-0.3, -0.25) is 0 Å². The summed E-state index contributed by atoms with van der Waals surface area (Å²) in [6, 6.07) is 4.33. The highest BCUT2D eigenvalue weighted by Crippen LogP contribution is 2.35. The largest absolute Gasteiger partial charge is 0.573 e. The van der Waals surface area contributed by atoms with Crippen molar-refractivity contribution in [3.63, 3.8) is 0 Å². The van der Waals surface area contributed by atoms with Crippen LogP contribution < -0.4 is 14.8 Å². The van der Waals surface area contributed by atoms with Crippen LogP contribution in [-0.4, -0.2) is 20.0 Å². The SMILES string of the molecule is COc1cc(OC(F)(F)F)ccc1[C@@H]1CCCN1. The molecule has 0 aromatic heterocycles. The van der Waals surface area contributed by atoms with Crippen molar-refractivity contribution in [2.24, 2.45) is 0 Å². The molecule has 0 saturated carbocycles. The van der Waals surface area contributed by atoms with Gasteiger partial charge >= 0.3 is 6.36 Å². The van der Waals surface area contributed by atoms with E-state index in [-0.39, 0.29) is 11.8 Å². The van der Waals surface area contributed by atoms with Gasteiger partial charge in [-0.2, -0.15) is 0 Å². The van der Waals surface area contributed by atoms with E-state index >= 15 is 0 Å². The molecule has 100 valence electrons. The van der Waals surface area contributed by atoms with Crippen molar-refractivity contribution < 1.29 is 22.6 Å². The van der Waals surface area contributed by atoms with Gasteiger partial charge in [-0.1, -0.05) is 6.07 Å². The summed E-state index contributed by atoms with van der Waals surface area (Å²) in [4.78, 5) is 0. The van der Waals surface area contributed by atoms with Crippen molar-refractivity contribution in [3.8, 4) is 11.5 Å². The topological polar surface area (TPSA) is 30.5 Å². The van der Waals surface area contributed by atoms with Gasteiger partial charge in [0.25, 0.3) is 0 Å². The molecule has 1 aromatic rings. The second-order valence-corrected chi connectivity index (χ2v) is 4.10. The zero-order valence-electron chi connectivity index (χ0n) is 9.88. The lowest BCUT2D eigenvalue weighted by Crippen LogP contribution is -2.18. The van der Waals surface area contributed by atoms with E-state index in [0.717, 1.165) is 24.9 Å². The third-order valence-electron chi connectivity index (χ3n) is 2.87. The number of halogens is 3. The predicted octanol–water partition coefficient (Wildman–Crippen LogP) is 3.02. The van der Waals surface area contributed by atoms with E-state index in [4.69, 9.17) is 4.74 Å². The molecule has 18 heavy (non-hydrogen) atoms. The minimum absolute atomic E-state index is 0.139. The molecule has 1 N–H and O–H groups in total. The summed E-state index contributed by atoms with van der Waals surface area (Å²) in [5.41, 5.74) is 0.865. The lowest BCUT2D eigenvalue weighted by atomic mass is 10.0. The molecule has 1 aliphatic heterocycles. The molecular weight excluding hydrogens is 247 g/mol. The predicted molar refractivity (Wildman–Crippen MR) is 59.7 cm³/mol. The maximum absolute atomic E-state index is 12.1. The van der Waals surface area contributed by atoms with Gasteiger partial charge in [-0.15, -0.1) is 13.2 Å². The normalized spacial score (nSPS) is 19.9. The zero-order valence-corrected chi connectivity index (χ0v) is 9.88.